The molecule has 0 aliphatic carbocycles. The van der Waals surface area contributed by atoms with Crippen LogP contribution in [-0.2, 0) is 24.2 Å². The Kier molecular flexibility index (Phi) is 5.27. The maximum atomic E-state index is 13.3. The maximum absolute atomic E-state index is 13.3. The van der Waals surface area contributed by atoms with E-state index in [0.29, 0.717) is 36.3 Å². The molecule has 0 atom stereocenters. The molecular weight excluding hydrogens is 402 g/mol. The van der Waals surface area contributed by atoms with Crippen molar-refractivity contribution >= 4 is 27.6 Å². The number of hydrogen-bond acceptors (Lipinski definition) is 6. The third-order valence-corrected chi connectivity index (χ3v) is 6.14. The van der Waals surface area contributed by atoms with Gasteiger partial charge in [0.05, 0.1) is 31.9 Å². The minimum atomic E-state index is -0.536. The summed E-state index contributed by atoms with van der Waals surface area (Å²) in [5.74, 6) is 0.741. The molecule has 0 saturated heterocycles. The highest BCUT2D eigenvalue weighted by Crippen LogP contribution is 2.33. The Morgan fingerprint density at radius 2 is 2.03 bits per heavy atom. The van der Waals surface area contributed by atoms with Gasteiger partial charge in [0.2, 0.25) is 0 Å². The van der Waals surface area contributed by atoms with Crippen molar-refractivity contribution in [1.82, 2.24) is 14.5 Å². The number of aromatic nitrogens is 2. The molecule has 0 bridgehead atoms. The fraction of sp³-hybridized carbons (Fsp3) is 0.409. The van der Waals surface area contributed by atoms with E-state index in [0.717, 1.165) is 21.8 Å². The second kappa shape index (κ2) is 7.75. The van der Waals surface area contributed by atoms with Crippen LogP contribution in [0.3, 0.4) is 0 Å². The van der Waals surface area contributed by atoms with E-state index in [2.05, 4.69) is 4.98 Å². The van der Waals surface area contributed by atoms with Gasteiger partial charge in [-0.15, -0.1) is 11.3 Å². The van der Waals surface area contributed by atoms with Crippen LogP contribution in [0, 0.1) is 0 Å². The Morgan fingerprint density at radius 3 is 2.77 bits per heavy atom. The van der Waals surface area contributed by atoms with Gasteiger partial charge in [-0.1, -0.05) is 18.2 Å². The zero-order valence-electron chi connectivity index (χ0n) is 17.6. The lowest BCUT2D eigenvalue weighted by molar-refractivity contribution is 0.0227. The summed E-state index contributed by atoms with van der Waals surface area (Å²) in [7, 11) is 1.62. The van der Waals surface area contributed by atoms with Gasteiger partial charge in [-0.2, -0.15) is 0 Å². The van der Waals surface area contributed by atoms with Gasteiger partial charge in [0.1, 0.15) is 16.2 Å². The smallest absolute Gasteiger partial charge is 0.410 e. The molecule has 1 aromatic carbocycles. The molecule has 0 N–H and O–H groups in total. The average molecular weight is 428 g/mol. The van der Waals surface area contributed by atoms with E-state index in [1.807, 2.05) is 45.0 Å². The standard InChI is InChI=1S/C22H25N3O4S/c1-22(2,3)29-21(27)24-10-9-15-17(12-24)30-19-18(15)20(26)25(13-23-19)11-14-7-5-6-8-16(14)28-4/h5-8,13H,9-12H2,1-4H3. The summed E-state index contributed by atoms with van der Waals surface area (Å²) in [5.41, 5.74) is 1.32. The molecule has 0 radical (unpaired) electrons. The number of carbonyl (C=O) groups is 1. The van der Waals surface area contributed by atoms with Gasteiger partial charge in [0.15, 0.2) is 0 Å². The third kappa shape index (κ3) is 3.92. The lowest BCUT2D eigenvalue weighted by Gasteiger charge is -2.29. The number of ether oxygens (including phenoxy) is 2. The number of amides is 1. The second-order valence-corrected chi connectivity index (χ2v) is 9.41. The maximum Gasteiger partial charge on any atom is 0.410 e. The van der Waals surface area contributed by atoms with E-state index >= 15 is 0 Å². The summed E-state index contributed by atoms with van der Waals surface area (Å²) in [6, 6.07) is 7.64. The Hall–Kier alpha value is -2.87. The number of fused-ring (bicyclic) bond motifs is 3. The largest absolute Gasteiger partial charge is 0.496 e. The van der Waals surface area contributed by atoms with Gasteiger partial charge in [-0.05, 0) is 38.8 Å². The monoisotopic (exact) mass is 427 g/mol. The van der Waals surface area contributed by atoms with E-state index < -0.39 is 5.60 Å². The number of rotatable bonds is 3. The van der Waals surface area contributed by atoms with Gasteiger partial charge in [-0.25, -0.2) is 9.78 Å². The molecule has 158 valence electrons. The molecule has 1 amide bonds. The van der Waals surface area contributed by atoms with Gasteiger partial charge in [-0.3, -0.25) is 9.36 Å². The normalized spacial score (nSPS) is 13.9. The zero-order chi connectivity index (χ0) is 21.5. The SMILES string of the molecule is COc1ccccc1Cn1cnc2sc3c(c2c1=O)CCN(C(=O)OC(C)(C)C)C3. The van der Waals surface area contributed by atoms with Crippen LogP contribution in [0.1, 0.15) is 36.8 Å². The Labute approximate surface area is 178 Å². The Bertz CT molecular complexity index is 1160. The molecule has 0 unspecified atom stereocenters. The van der Waals surface area contributed by atoms with E-state index in [1.54, 1.807) is 22.9 Å². The Morgan fingerprint density at radius 1 is 1.27 bits per heavy atom. The fourth-order valence-electron chi connectivity index (χ4n) is 3.63. The Balaban J connectivity index is 1.65. The molecule has 1 aliphatic rings. The number of methoxy groups -OCH3 is 1. The number of nitrogens with zero attached hydrogens (tertiary/aromatic N) is 3. The van der Waals surface area contributed by atoms with E-state index in [9.17, 15) is 9.59 Å². The van der Waals surface area contributed by atoms with E-state index in [-0.39, 0.29) is 11.7 Å². The number of hydrogen-bond donors (Lipinski definition) is 0. The minimum absolute atomic E-state index is 0.0610. The lowest BCUT2D eigenvalue weighted by atomic mass is 10.1. The van der Waals surface area contributed by atoms with Crippen molar-refractivity contribution in [2.75, 3.05) is 13.7 Å². The first-order chi connectivity index (χ1) is 14.3. The van der Waals surface area contributed by atoms with Crippen LogP contribution in [-0.4, -0.2) is 39.8 Å². The van der Waals surface area contributed by atoms with Crippen molar-refractivity contribution in [2.45, 2.75) is 45.9 Å². The highest BCUT2D eigenvalue weighted by molar-refractivity contribution is 7.18. The summed E-state index contributed by atoms with van der Waals surface area (Å²) in [6.07, 6.45) is 1.88. The van der Waals surface area contributed by atoms with E-state index in [4.69, 9.17) is 9.47 Å². The van der Waals surface area contributed by atoms with Crippen LogP contribution in [0.15, 0.2) is 35.4 Å². The summed E-state index contributed by atoms with van der Waals surface area (Å²) in [4.78, 5) is 33.6. The molecule has 0 saturated carbocycles. The van der Waals surface area contributed by atoms with Crippen molar-refractivity contribution in [2.24, 2.45) is 0 Å². The van der Waals surface area contributed by atoms with Crippen molar-refractivity contribution in [3.63, 3.8) is 0 Å². The van der Waals surface area contributed by atoms with Crippen molar-refractivity contribution < 1.29 is 14.3 Å². The molecule has 4 rings (SSSR count). The van der Waals surface area contributed by atoms with Gasteiger partial charge >= 0.3 is 6.09 Å². The molecule has 0 fully saturated rings. The lowest BCUT2D eigenvalue weighted by Crippen LogP contribution is -2.39. The zero-order valence-corrected chi connectivity index (χ0v) is 18.4. The molecule has 8 heteroatoms. The summed E-state index contributed by atoms with van der Waals surface area (Å²) >= 11 is 1.48. The molecule has 30 heavy (non-hydrogen) atoms. The number of benzene rings is 1. The molecule has 1 aliphatic heterocycles. The van der Waals surface area contributed by atoms with Crippen molar-refractivity contribution in [3.05, 3.63) is 57.0 Å². The highest BCUT2D eigenvalue weighted by atomic mass is 32.1. The number of para-hydroxylation sites is 1. The molecule has 7 nitrogen and oxygen atoms in total. The summed E-state index contributed by atoms with van der Waals surface area (Å²) in [6.45, 7) is 6.92. The predicted molar refractivity (Wildman–Crippen MR) is 116 cm³/mol. The first-order valence-electron chi connectivity index (χ1n) is 9.86. The van der Waals surface area contributed by atoms with Crippen LogP contribution < -0.4 is 10.3 Å². The fourth-order valence-corrected chi connectivity index (χ4v) is 4.82. The van der Waals surface area contributed by atoms with Crippen LogP contribution >= 0.6 is 11.3 Å². The molecular formula is C22H25N3O4S. The van der Waals surface area contributed by atoms with Crippen LogP contribution in [0.5, 0.6) is 5.75 Å². The van der Waals surface area contributed by atoms with Crippen LogP contribution in [0.25, 0.3) is 10.2 Å². The third-order valence-electron chi connectivity index (χ3n) is 5.01. The molecule has 0 spiro atoms. The van der Waals surface area contributed by atoms with Crippen molar-refractivity contribution in [1.29, 1.82) is 0 Å². The topological polar surface area (TPSA) is 73.7 Å². The van der Waals surface area contributed by atoms with Gasteiger partial charge in [0, 0.05) is 17.0 Å². The predicted octanol–water partition coefficient (Wildman–Crippen LogP) is 3.81. The van der Waals surface area contributed by atoms with E-state index in [1.165, 1.54) is 11.3 Å². The second-order valence-electron chi connectivity index (χ2n) is 8.33. The van der Waals surface area contributed by atoms with Crippen LogP contribution in [0.4, 0.5) is 4.79 Å². The molecule has 2 aromatic heterocycles. The molecule has 3 aromatic rings. The number of carbonyl (C=O) groups excluding carboxylic acids is 1. The highest BCUT2D eigenvalue weighted by Gasteiger charge is 2.29. The number of thiophene rings is 1. The quantitative estimate of drug-likeness (QED) is 0.636. The van der Waals surface area contributed by atoms with Crippen LogP contribution in [0.2, 0.25) is 0 Å². The minimum Gasteiger partial charge on any atom is -0.496 e. The summed E-state index contributed by atoms with van der Waals surface area (Å²) < 4.78 is 12.5. The van der Waals surface area contributed by atoms with Crippen molar-refractivity contribution in [3.8, 4) is 5.75 Å². The first kappa shape index (κ1) is 20.4. The first-order valence-corrected chi connectivity index (χ1v) is 10.7. The van der Waals surface area contributed by atoms with Gasteiger partial charge in [0.25, 0.3) is 5.56 Å². The molecule has 3 heterocycles. The summed E-state index contributed by atoms with van der Waals surface area (Å²) in [5, 5.41) is 0.663. The average Bonchev–Trinajstić information content (AvgIpc) is 3.07. The van der Waals surface area contributed by atoms with Gasteiger partial charge < -0.3 is 14.4 Å².